The van der Waals surface area contributed by atoms with Crippen LogP contribution < -0.4 is 0 Å². The Morgan fingerprint density at radius 1 is 1.07 bits per heavy atom. The maximum absolute atomic E-state index is 10.1. The van der Waals surface area contributed by atoms with E-state index in [0.717, 1.165) is 18.7 Å². The molecular formula is C11H8Br2OS. The molecule has 1 aromatic carbocycles. The second-order valence-corrected chi connectivity index (χ2v) is 6.41. The van der Waals surface area contributed by atoms with E-state index in [2.05, 4.69) is 31.9 Å². The van der Waals surface area contributed by atoms with Gasteiger partial charge in [0, 0.05) is 9.35 Å². The third kappa shape index (κ3) is 2.50. The van der Waals surface area contributed by atoms with Gasteiger partial charge in [0.1, 0.15) is 6.10 Å². The average Bonchev–Trinajstić information content (AvgIpc) is 2.65. The van der Waals surface area contributed by atoms with Gasteiger partial charge in [0.05, 0.1) is 3.79 Å². The summed E-state index contributed by atoms with van der Waals surface area (Å²) in [5, 5.41) is 10.1. The molecule has 1 atom stereocenters. The van der Waals surface area contributed by atoms with E-state index in [1.165, 1.54) is 0 Å². The Balaban J connectivity index is 2.36. The molecule has 0 saturated heterocycles. The lowest BCUT2D eigenvalue weighted by Crippen LogP contribution is -1.97. The summed E-state index contributed by atoms with van der Waals surface area (Å²) < 4.78 is 1.96. The molecule has 78 valence electrons. The molecule has 1 unspecified atom stereocenters. The molecule has 2 rings (SSSR count). The summed E-state index contributed by atoms with van der Waals surface area (Å²) in [6.07, 6.45) is -0.558. The molecule has 2 aromatic rings. The van der Waals surface area contributed by atoms with Crippen LogP contribution in [0.1, 0.15) is 16.5 Å². The molecule has 1 nitrogen and oxygen atoms in total. The van der Waals surface area contributed by atoms with E-state index >= 15 is 0 Å². The quantitative estimate of drug-likeness (QED) is 0.855. The zero-order chi connectivity index (χ0) is 10.8. The van der Waals surface area contributed by atoms with Gasteiger partial charge in [0.15, 0.2) is 0 Å². The van der Waals surface area contributed by atoms with Crippen molar-refractivity contribution < 1.29 is 5.11 Å². The number of benzene rings is 1. The van der Waals surface area contributed by atoms with E-state index in [1.807, 2.05) is 36.4 Å². The standard InChI is InChI=1S/C11H8Br2OS/c12-8-4-2-1-3-7(8)11(14)9-5-6-10(13)15-9/h1-6,11,14H. The van der Waals surface area contributed by atoms with Crippen LogP contribution >= 0.6 is 43.2 Å². The Morgan fingerprint density at radius 2 is 1.80 bits per heavy atom. The van der Waals surface area contributed by atoms with Crippen LogP contribution in [0.3, 0.4) is 0 Å². The Hall–Kier alpha value is -0.160. The summed E-state index contributed by atoms with van der Waals surface area (Å²) in [5.74, 6) is 0. The highest BCUT2D eigenvalue weighted by Gasteiger charge is 2.14. The van der Waals surface area contributed by atoms with Crippen molar-refractivity contribution in [2.75, 3.05) is 0 Å². The van der Waals surface area contributed by atoms with Crippen molar-refractivity contribution in [1.29, 1.82) is 0 Å². The smallest absolute Gasteiger partial charge is 0.114 e. The van der Waals surface area contributed by atoms with Gasteiger partial charge in [-0.05, 0) is 39.7 Å². The number of halogens is 2. The fourth-order valence-corrected chi connectivity index (χ4v) is 3.26. The molecule has 0 radical (unpaired) electrons. The van der Waals surface area contributed by atoms with Gasteiger partial charge in [-0.25, -0.2) is 0 Å². The molecule has 1 N–H and O–H groups in total. The molecular weight excluding hydrogens is 340 g/mol. The zero-order valence-electron chi connectivity index (χ0n) is 7.65. The van der Waals surface area contributed by atoms with Gasteiger partial charge in [0.25, 0.3) is 0 Å². The van der Waals surface area contributed by atoms with Crippen LogP contribution in [0.5, 0.6) is 0 Å². The number of thiophene rings is 1. The van der Waals surface area contributed by atoms with Crippen LogP contribution in [-0.2, 0) is 0 Å². The lowest BCUT2D eigenvalue weighted by molar-refractivity contribution is 0.223. The van der Waals surface area contributed by atoms with Crippen molar-refractivity contribution in [1.82, 2.24) is 0 Å². The lowest BCUT2D eigenvalue weighted by Gasteiger charge is -2.10. The van der Waals surface area contributed by atoms with Crippen LogP contribution in [0, 0.1) is 0 Å². The van der Waals surface area contributed by atoms with Crippen molar-refractivity contribution in [3.63, 3.8) is 0 Å². The van der Waals surface area contributed by atoms with Gasteiger partial charge in [-0.2, -0.15) is 0 Å². The second-order valence-electron chi connectivity index (χ2n) is 3.07. The largest absolute Gasteiger partial charge is 0.383 e. The number of aliphatic hydroxyl groups excluding tert-OH is 1. The normalized spacial score (nSPS) is 12.7. The molecule has 4 heteroatoms. The van der Waals surface area contributed by atoms with E-state index in [9.17, 15) is 5.11 Å². The summed E-state index contributed by atoms with van der Waals surface area (Å²) in [4.78, 5) is 0.939. The van der Waals surface area contributed by atoms with Gasteiger partial charge in [0.2, 0.25) is 0 Å². The molecule has 0 saturated carbocycles. The molecule has 0 aliphatic carbocycles. The first-order valence-electron chi connectivity index (χ1n) is 4.36. The minimum Gasteiger partial charge on any atom is -0.383 e. The highest BCUT2D eigenvalue weighted by Crippen LogP contribution is 2.33. The monoisotopic (exact) mass is 346 g/mol. The zero-order valence-corrected chi connectivity index (χ0v) is 11.6. The van der Waals surface area contributed by atoms with Crippen LogP contribution in [0.4, 0.5) is 0 Å². The number of aliphatic hydroxyl groups is 1. The summed E-state index contributed by atoms with van der Waals surface area (Å²) in [7, 11) is 0. The summed E-state index contributed by atoms with van der Waals surface area (Å²) in [6, 6.07) is 11.6. The fraction of sp³-hybridized carbons (Fsp3) is 0.0909. The van der Waals surface area contributed by atoms with Crippen LogP contribution in [0.15, 0.2) is 44.7 Å². The maximum atomic E-state index is 10.1. The molecule has 0 fully saturated rings. The minimum absolute atomic E-state index is 0.558. The molecule has 0 aliphatic rings. The second kappa shape index (κ2) is 4.78. The van der Waals surface area contributed by atoms with E-state index in [4.69, 9.17) is 0 Å². The number of rotatable bonds is 2. The summed E-state index contributed by atoms with van der Waals surface area (Å²) in [6.45, 7) is 0. The fourth-order valence-electron chi connectivity index (χ4n) is 1.33. The van der Waals surface area contributed by atoms with Crippen molar-refractivity contribution in [3.05, 3.63) is 55.1 Å². The van der Waals surface area contributed by atoms with Gasteiger partial charge in [-0.15, -0.1) is 11.3 Å². The predicted octanol–water partition coefficient (Wildman–Crippen LogP) is 4.35. The van der Waals surface area contributed by atoms with Gasteiger partial charge >= 0.3 is 0 Å². The average molecular weight is 348 g/mol. The molecule has 0 bridgehead atoms. The Kier molecular flexibility index (Phi) is 3.61. The topological polar surface area (TPSA) is 20.2 Å². The van der Waals surface area contributed by atoms with Crippen LogP contribution in [0.25, 0.3) is 0 Å². The third-order valence-corrected chi connectivity index (χ3v) is 4.46. The lowest BCUT2D eigenvalue weighted by atomic mass is 10.1. The molecule has 0 spiro atoms. The molecule has 1 aromatic heterocycles. The predicted molar refractivity (Wildman–Crippen MR) is 70.2 cm³/mol. The number of hydrogen-bond donors (Lipinski definition) is 1. The summed E-state index contributed by atoms with van der Waals surface area (Å²) >= 11 is 8.37. The third-order valence-electron chi connectivity index (χ3n) is 2.06. The Morgan fingerprint density at radius 3 is 2.40 bits per heavy atom. The Bertz CT molecular complexity index is 467. The molecule has 0 aliphatic heterocycles. The van der Waals surface area contributed by atoms with Gasteiger partial charge in [-0.1, -0.05) is 34.1 Å². The van der Waals surface area contributed by atoms with Crippen molar-refractivity contribution in [2.24, 2.45) is 0 Å². The van der Waals surface area contributed by atoms with Gasteiger partial charge in [-0.3, -0.25) is 0 Å². The highest BCUT2D eigenvalue weighted by molar-refractivity contribution is 9.11. The van der Waals surface area contributed by atoms with E-state index < -0.39 is 6.10 Å². The van der Waals surface area contributed by atoms with Crippen LogP contribution in [-0.4, -0.2) is 5.11 Å². The first-order valence-corrected chi connectivity index (χ1v) is 6.76. The van der Waals surface area contributed by atoms with Crippen molar-refractivity contribution >= 4 is 43.2 Å². The first-order chi connectivity index (χ1) is 7.18. The molecule has 15 heavy (non-hydrogen) atoms. The van der Waals surface area contributed by atoms with E-state index in [1.54, 1.807) is 11.3 Å². The minimum atomic E-state index is -0.558. The maximum Gasteiger partial charge on any atom is 0.114 e. The van der Waals surface area contributed by atoms with Gasteiger partial charge < -0.3 is 5.11 Å². The summed E-state index contributed by atoms with van der Waals surface area (Å²) in [5.41, 5.74) is 0.895. The number of hydrogen-bond acceptors (Lipinski definition) is 2. The molecule has 1 heterocycles. The van der Waals surface area contributed by atoms with Crippen molar-refractivity contribution in [3.8, 4) is 0 Å². The first kappa shape index (κ1) is 11.3. The highest BCUT2D eigenvalue weighted by atomic mass is 79.9. The van der Waals surface area contributed by atoms with E-state index in [-0.39, 0.29) is 0 Å². The Labute approximate surface area is 109 Å². The van der Waals surface area contributed by atoms with E-state index in [0.29, 0.717) is 0 Å². The SMILES string of the molecule is OC(c1ccc(Br)s1)c1ccccc1Br. The van der Waals surface area contributed by atoms with Crippen molar-refractivity contribution in [2.45, 2.75) is 6.10 Å². The van der Waals surface area contributed by atoms with Crippen LogP contribution in [0.2, 0.25) is 0 Å². The molecule has 0 amide bonds.